The summed E-state index contributed by atoms with van der Waals surface area (Å²) in [7, 11) is -2.59. The van der Waals surface area contributed by atoms with Gasteiger partial charge in [0.25, 0.3) is 10.0 Å². The molecule has 5 rings (SSSR count). The summed E-state index contributed by atoms with van der Waals surface area (Å²) in [6, 6.07) is 20.0. The fourth-order valence-electron chi connectivity index (χ4n) is 4.38. The monoisotopic (exact) mass is 654 g/mol. The third kappa shape index (κ3) is 6.75. The van der Waals surface area contributed by atoms with Gasteiger partial charge < -0.3 is 15.4 Å². The number of tetrazole rings is 1. The predicted molar refractivity (Wildman–Crippen MR) is 167 cm³/mol. The number of rotatable bonds is 11. The average molecular weight is 655 g/mol. The minimum atomic E-state index is -4.11. The molecule has 2 N–H and O–H groups in total. The second kappa shape index (κ2) is 13.5. The first kappa shape index (κ1) is 31.1. The van der Waals surface area contributed by atoms with Crippen LogP contribution in [0.25, 0.3) is 5.69 Å². The molecule has 0 fully saturated rings. The minimum Gasteiger partial charge on any atom is -0.385 e. The number of aliphatic imine (C=N–C) groups is 1. The van der Waals surface area contributed by atoms with Crippen molar-refractivity contribution in [2.75, 3.05) is 30.9 Å². The molecule has 16 heteroatoms. The van der Waals surface area contributed by atoms with Gasteiger partial charge in [-0.1, -0.05) is 53.7 Å². The van der Waals surface area contributed by atoms with E-state index in [1.165, 1.54) is 36.9 Å². The number of nitrogens with zero attached hydrogens (tertiary/aromatic N) is 6. The number of amides is 2. The van der Waals surface area contributed by atoms with Crippen LogP contribution in [0.2, 0.25) is 5.02 Å². The summed E-state index contributed by atoms with van der Waals surface area (Å²) >= 11 is 7.34. The van der Waals surface area contributed by atoms with E-state index < -0.39 is 21.2 Å². The highest BCUT2D eigenvalue weighted by Crippen LogP contribution is 2.37. The number of para-hydroxylation sites is 2. The molecule has 1 unspecified atom stereocenters. The average Bonchev–Trinajstić information content (AvgIpc) is 3.47. The fraction of sp³-hybridized carbons (Fsp3) is 0.214. The Hall–Kier alpha value is -4.31. The van der Waals surface area contributed by atoms with Crippen molar-refractivity contribution in [3.8, 4) is 5.69 Å². The number of hydrogen-bond acceptors (Lipinski definition) is 10. The summed E-state index contributed by atoms with van der Waals surface area (Å²) in [4.78, 5) is 30.5. The van der Waals surface area contributed by atoms with Crippen LogP contribution in [0.4, 0.5) is 17.1 Å². The van der Waals surface area contributed by atoms with Gasteiger partial charge in [0.2, 0.25) is 17.0 Å². The number of hydrogen-bond donors (Lipinski definition) is 2. The number of carbonyl (C=O) groups is 2. The Morgan fingerprint density at radius 3 is 2.55 bits per heavy atom. The second-order valence-corrected chi connectivity index (χ2v) is 12.7. The van der Waals surface area contributed by atoms with Crippen molar-refractivity contribution < 1.29 is 22.7 Å². The summed E-state index contributed by atoms with van der Waals surface area (Å²) < 4.78 is 35.6. The van der Waals surface area contributed by atoms with Gasteiger partial charge in [0.15, 0.2) is 5.25 Å². The highest BCUT2D eigenvalue weighted by Gasteiger charge is 2.41. The van der Waals surface area contributed by atoms with Gasteiger partial charge in [0.1, 0.15) is 10.7 Å². The van der Waals surface area contributed by atoms with E-state index in [1.807, 2.05) is 18.2 Å². The van der Waals surface area contributed by atoms with Crippen LogP contribution in [-0.2, 0) is 24.3 Å². The van der Waals surface area contributed by atoms with Crippen molar-refractivity contribution in [1.82, 2.24) is 24.5 Å². The quantitative estimate of drug-likeness (QED) is 0.179. The summed E-state index contributed by atoms with van der Waals surface area (Å²) in [6.07, 6.45) is 0.336. The molecule has 0 spiro atoms. The molecule has 1 aliphatic rings. The normalized spacial score (nSPS) is 14.3. The molecule has 0 bridgehead atoms. The van der Waals surface area contributed by atoms with Gasteiger partial charge in [-0.3, -0.25) is 13.9 Å². The molecule has 0 aliphatic carbocycles. The zero-order valence-electron chi connectivity index (χ0n) is 23.5. The number of halogens is 1. The van der Waals surface area contributed by atoms with E-state index in [0.29, 0.717) is 17.8 Å². The fourth-order valence-corrected chi connectivity index (χ4v) is 7.23. The molecule has 3 aromatic carbocycles. The van der Waals surface area contributed by atoms with E-state index in [0.717, 1.165) is 16.1 Å². The lowest BCUT2D eigenvalue weighted by Crippen LogP contribution is -2.48. The molecule has 0 radical (unpaired) electrons. The molecule has 2 heterocycles. The first-order valence-electron chi connectivity index (χ1n) is 13.3. The maximum Gasteiger partial charge on any atom is 0.267 e. The second-order valence-electron chi connectivity index (χ2n) is 9.43. The zero-order chi connectivity index (χ0) is 31.3. The van der Waals surface area contributed by atoms with Crippen LogP contribution in [0.5, 0.6) is 0 Å². The smallest absolute Gasteiger partial charge is 0.267 e. The number of fused-ring (bicyclic) bond motifs is 1. The number of nitrogens with one attached hydrogen (secondary N) is 2. The van der Waals surface area contributed by atoms with Crippen molar-refractivity contribution in [3.05, 3.63) is 77.8 Å². The van der Waals surface area contributed by atoms with Crippen LogP contribution in [0.15, 0.2) is 87.8 Å². The molecule has 228 valence electrons. The van der Waals surface area contributed by atoms with E-state index in [1.54, 1.807) is 36.4 Å². The Morgan fingerprint density at radius 2 is 1.80 bits per heavy atom. The van der Waals surface area contributed by atoms with Gasteiger partial charge in [0.05, 0.1) is 22.1 Å². The summed E-state index contributed by atoms with van der Waals surface area (Å²) in [5.74, 6) is -0.999. The Labute approximate surface area is 262 Å². The number of anilines is 2. The molecule has 1 atom stereocenters. The third-order valence-corrected chi connectivity index (χ3v) is 9.62. The van der Waals surface area contributed by atoms with Gasteiger partial charge in [0, 0.05) is 32.9 Å². The van der Waals surface area contributed by atoms with E-state index in [2.05, 4.69) is 26.2 Å². The molecule has 0 saturated heterocycles. The Morgan fingerprint density at radius 1 is 1.05 bits per heavy atom. The predicted octanol–water partition coefficient (Wildman–Crippen LogP) is 4.14. The lowest BCUT2D eigenvalue weighted by Gasteiger charge is -2.33. The highest BCUT2D eigenvalue weighted by atomic mass is 35.5. The number of sulfonamides is 1. The zero-order valence-corrected chi connectivity index (χ0v) is 25.9. The number of ether oxygens (including phenoxy) is 1. The molecule has 2 amide bonds. The SMILES string of the molecule is COCCCN1C(C(Sc2nnnn2-c2ccccc2)C(=O)Nc2cc(NC(C)=O)ccc2Cl)=Nc2ccccc2S1(=O)=O. The maximum atomic E-state index is 14.2. The molecule has 4 aromatic rings. The van der Waals surface area contributed by atoms with E-state index in [4.69, 9.17) is 21.3 Å². The first-order valence-corrected chi connectivity index (χ1v) is 16.0. The number of methoxy groups -OCH3 is 1. The summed E-state index contributed by atoms with van der Waals surface area (Å²) in [5, 5.41) is 16.6. The van der Waals surface area contributed by atoms with Crippen molar-refractivity contribution in [2.45, 2.75) is 28.6 Å². The number of thioether (sulfide) groups is 1. The largest absolute Gasteiger partial charge is 0.385 e. The molecule has 0 saturated carbocycles. The highest BCUT2D eigenvalue weighted by molar-refractivity contribution is 8.01. The summed E-state index contributed by atoms with van der Waals surface area (Å²) in [5.41, 5.74) is 1.42. The van der Waals surface area contributed by atoms with Gasteiger partial charge >= 0.3 is 0 Å². The van der Waals surface area contributed by atoms with Crippen LogP contribution >= 0.6 is 23.4 Å². The van der Waals surface area contributed by atoms with Crippen molar-refractivity contribution in [2.24, 2.45) is 4.99 Å². The lowest BCUT2D eigenvalue weighted by molar-refractivity contribution is -0.115. The Bertz CT molecular complexity index is 1820. The molecule has 13 nitrogen and oxygen atoms in total. The maximum absolute atomic E-state index is 14.2. The van der Waals surface area contributed by atoms with Crippen molar-refractivity contribution in [1.29, 1.82) is 0 Å². The van der Waals surface area contributed by atoms with Gasteiger partial charge in [-0.05, 0) is 59.3 Å². The van der Waals surface area contributed by atoms with Gasteiger partial charge in [-0.15, -0.1) is 5.10 Å². The number of benzene rings is 3. The number of aromatic nitrogens is 4. The number of amidine groups is 1. The van der Waals surface area contributed by atoms with Gasteiger partial charge in [-0.25, -0.2) is 13.4 Å². The van der Waals surface area contributed by atoms with E-state index >= 15 is 0 Å². The minimum absolute atomic E-state index is 0.00389. The van der Waals surface area contributed by atoms with E-state index in [9.17, 15) is 18.0 Å². The standard InChI is InChI=1S/C28H27ClN8O5S2/c1-18(38)30-19-13-14-21(29)23(17-19)32-27(39)25(43-28-33-34-35-37(28)20-9-4-3-5-10-20)26-31-22-11-6-7-12-24(22)44(40,41)36(26)15-8-16-42-2/h3-7,9-14,17,25H,8,15-16H2,1-2H3,(H,30,38)(H,32,39). The Balaban J connectivity index is 1.61. The van der Waals surface area contributed by atoms with Crippen LogP contribution in [-0.4, -0.2) is 76.1 Å². The topological polar surface area (TPSA) is 161 Å². The molecular weight excluding hydrogens is 628 g/mol. The molecule has 1 aromatic heterocycles. The molecule has 44 heavy (non-hydrogen) atoms. The van der Waals surface area contributed by atoms with Crippen LogP contribution in [0.3, 0.4) is 0 Å². The van der Waals surface area contributed by atoms with Crippen LogP contribution in [0, 0.1) is 0 Å². The lowest BCUT2D eigenvalue weighted by atomic mass is 10.2. The van der Waals surface area contributed by atoms with Crippen LogP contribution < -0.4 is 10.6 Å². The third-order valence-electron chi connectivity index (χ3n) is 6.32. The molecular formula is C28H27ClN8O5S2. The van der Waals surface area contributed by atoms with Crippen molar-refractivity contribution >= 4 is 68.1 Å². The van der Waals surface area contributed by atoms with Crippen molar-refractivity contribution in [3.63, 3.8) is 0 Å². The van der Waals surface area contributed by atoms with Gasteiger partial charge in [-0.2, -0.15) is 4.68 Å². The summed E-state index contributed by atoms with van der Waals surface area (Å²) in [6.45, 7) is 1.63. The Kier molecular flexibility index (Phi) is 9.58. The first-order chi connectivity index (χ1) is 21.2. The van der Waals surface area contributed by atoms with Crippen LogP contribution in [0.1, 0.15) is 13.3 Å². The molecule has 1 aliphatic heterocycles. The van der Waals surface area contributed by atoms with E-state index in [-0.39, 0.29) is 51.3 Å². The number of carbonyl (C=O) groups excluding carboxylic acids is 2.